The minimum absolute atomic E-state index is 0.246. The zero-order valence-electron chi connectivity index (χ0n) is 24.3. The standard InChI is InChI=1S/C30H41N9O2/c1-4-6-23(32)25-26(33-3)28(40)37-27(36-25)22-15-21(7-8-24(22)41-5-2)39-14-11-30(19-39)9-12-38(13-10-30)29-34-17-20(16-31)18-35-29/h7-8,15,17-18,32-33H,4-6,9-14,16,19,31H2,1-3H3,(H,36,37,40). The van der Waals surface area contributed by atoms with E-state index in [0.29, 0.717) is 48.2 Å². The van der Waals surface area contributed by atoms with Crippen LogP contribution >= 0.6 is 0 Å². The fraction of sp³-hybridized carbons (Fsp3) is 0.500. The molecule has 2 saturated heterocycles. The van der Waals surface area contributed by atoms with Gasteiger partial charge in [-0.25, -0.2) is 15.0 Å². The van der Waals surface area contributed by atoms with Gasteiger partial charge in [-0.2, -0.15) is 0 Å². The minimum Gasteiger partial charge on any atom is -0.493 e. The second-order valence-electron chi connectivity index (χ2n) is 11.0. The molecule has 0 bridgehead atoms. The molecule has 5 N–H and O–H groups in total. The monoisotopic (exact) mass is 559 g/mol. The van der Waals surface area contributed by atoms with Crippen LogP contribution in [0.25, 0.3) is 11.4 Å². The number of aromatic nitrogens is 4. The van der Waals surface area contributed by atoms with Crippen LogP contribution in [-0.4, -0.2) is 65.5 Å². The molecule has 0 aliphatic carbocycles. The average molecular weight is 560 g/mol. The molecule has 11 heteroatoms. The van der Waals surface area contributed by atoms with Gasteiger partial charge in [-0.3, -0.25) is 4.79 Å². The number of anilines is 3. The molecule has 0 amide bonds. The van der Waals surface area contributed by atoms with Crippen molar-refractivity contribution in [3.8, 4) is 17.1 Å². The largest absolute Gasteiger partial charge is 0.493 e. The van der Waals surface area contributed by atoms with Crippen molar-refractivity contribution < 1.29 is 4.74 Å². The van der Waals surface area contributed by atoms with Crippen molar-refractivity contribution in [2.24, 2.45) is 11.1 Å². The smallest absolute Gasteiger partial charge is 0.275 e. The zero-order valence-corrected chi connectivity index (χ0v) is 24.3. The fourth-order valence-corrected chi connectivity index (χ4v) is 5.96. The fourth-order valence-electron chi connectivity index (χ4n) is 5.96. The number of ether oxygens (including phenoxy) is 1. The van der Waals surface area contributed by atoms with Crippen LogP contribution in [-0.2, 0) is 6.54 Å². The van der Waals surface area contributed by atoms with Gasteiger partial charge in [0.05, 0.1) is 17.9 Å². The average Bonchev–Trinajstić information content (AvgIpc) is 3.41. The van der Waals surface area contributed by atoms with Crippen molar-refractivity contribution in [1.82, 2.24) is 19.9 Å². The quantitative estimate of drug-likeness (QED) is 0.272. The number of hydrogen-bond acceptors (Lipinski definition) is 10. The van der Waals surface area contributed by atoms with Crippen molar-refractivity contribution in [2.45, 2.75) is 52.5 Å². The molecular weight excluding hydrogens is 518 g/mol. The zero-order chi connectivity index (χ0) is 29.0. The third kappa shape index (κ3) is 5.90. The van der Waals surface area contributed by atoms with Crippen LogP contribution in [0.2, 0.25) is 0 Å². The molecule has 2 aliphatic rings. The van der Waals surface area contributed by atoms with Gasteiger partial charge in [0.15, 0.2) is 0 Å². The molecule has 0 saturated carbocycles. The van der Waals surface area contributed by atoms with Crippen LogP contribution in [0.4, 0.5) is 17.3 Å². The summed E-state index contributed by atoms with van der Waals surface area (Å²) in [7, 11) is 1.68. The molecule has 3 aromatic rings. The van der Waals surface area contributed by atoms with Gasteiger partial charge >= 0.3 is 0 Å². The molecular formula is C30H41N9O2. The first kappa shape index (κ1) is 28.5. The van der Waals surface area contributed by atoms with Crippen molar-refractivity contribution in [3.63, 3.8) is 0 Å². The molecule has 1 spiro atoms. The highest BCUT2D eigenvalue weighted by Gasteiger charge is 2.41. The summed E-state index contributed by atoms with van der Waals surface area (Å²) in [6, 6.07) is 6.12. The highest BCUT2D eigenvalue weighted by molar-refractivity contribution is 6.01. The van der Waals surface area contributed by atoms with Gasteiger partial charge < -0.3 is 36.0 Å². The molecule has 0 radical (unpaired) electrons. The normalized spacial score (nSPS) is 16.3. The maximum absolute atomic E-state index is 13.0. The highest BCUT2D eigenvalue weighted by atomic mass is 16.5. The molecule has 2 fully saturated rings. The van der Waals surface area contributed by atoms with Gasteiger partial charge in [-0.1, -0.05) is 13.3 Å². The van der Waals surface area contributed by atoms with Gasteiger partial charge in [0.1, 0.15) is 23.0 Å². The molecule has 5 rings (SSSR count). The molecule has 41 heavy (non-hydrogen) atoms. The summed E-state index contributed by atoms with van der Waals surface area (Å²) in [5.74, 6) is 1.85. The van der Waals surface area contributed by atoms with E-state index in [1.807, 2.05) is 32.3 Å². The lowest BCUT2D eigenvalue weighted by atomic mass is 9.78. The predicted molar refractivity (Wildman–Crippen MR) is 163 cm³/mol. The van der Waals surface area contributed by atoms with Crippen LogP contribution in [0, 0.1) is 10.8 Å². The Morgan fingerprint density at radius 2 is 1.85 bits per heavy atom. The Bertz CT molecular complexity index is 1430. The first-order valence-corrected chi connectivity index (χ1v) is 14.6. The van der Waals surface area contributed by atoms with E-state index in [1.165, 1.54) is 0 Å². The van der Waals surface area contributed by atoms with Gasteiger partial charge in [0.25, 0.3) is 5.56 Å². The Kier molecular flexibility index (Phi) is 8.53. The summed E-state index contributed by atoms with van der Waals surface area (Å²) >= 11 is 0. The minimum atomic E-state index is -0.297. The Balaban J connectivity index is 1.38. The van der Waals surface area contributed by atoms with E-state index < -0.39 is 0 Å². The van der Waals surface area contributed by atoms with Crippen LogP contribution in [0.15, 0.2) is 35.4 Å². The maximum atomic E-state index is 13.0. The molecule has 0 unspecified atom stereocenters. The number of nitrogens with one attached hydrogen (secondary N) is 3. The van der Waals surface area contributed by atoms with E-state index in [2.05, 4.69) is 42.2 Å². The lowest BCUT2D eigenvalue weighted by Gasteiger charge is -2.39. The Morgan fingerprint density at radius 1 is 1.15 bits per heavy atom. The van der Waals surface area contributed by atoms with Crippen LogP contribution in [0.1, 0.15) is 57.2 Å². The number of hydrogen-bond donors (Lipinski definition) is 4. The Hall–Kier alpha value is -3.99. The summed E-state index contributed by atoms with van der Waals surface area (Å²) in [6.07, 6.45) is 8.27. The van der Waals surface area contributed by atoms with Crippen LogP contribution in [0.5, 0.6) is 5.75 Å². The third-order valence-corrected chi connectivity index (χ3v) is 8.31. The van der Waals surface area contributed by atoms with Crippen molar-refractivity contribution in [2.75, 3.05) is 55.0 Å². The first-order valence-electron chi connectivity index (χ1n) is 14.6. The number of aromatic amines is 1. The van der Waals surface area contributed by atoms with E-state index >= 15 is 0 Å². The van der Waals surface area contributed by atoms with E-state index in [4.69, 9.17) is 20.9 Å². The van der Waals surface area contributed by atoms with Crippen molar-refractivity contribution in [1.29, 1.82) is 5.41 Å². The van der Waals surface area contributed by atoms with Gasteiger partial charge in [-0.15, -0.1) is 0 Å². The van der Waals surface area contributed by atoms with Crippen LogP contribution < -0.4 is 31.1 Å². The summed E-state index contributed by atoms with van der Waals surface area (Å²) in [4.78, 5) is 34.5. The molecule has 11 nitrogen and oxygen atoms in total. The third-order valence-electron chi connectivity index (χ3n) is 8.31. The lowest BCUT2D eigenvalue weighted by Crippen LogP contribution is -2.42. The first-order chi connectivity index (χ1) is 19.9. The van der Waals surface area contributed by atoms with E-state index in [9.17, 15) is 4.79 Å². The molecule has 4 heterocycles. The van der Waals surface area contributed by atoms with E-state index in [1.54, 1.807) is 7.05 Å². The number of piperidine rings is 1. The number of nitrogens with zero attached hydrogens (tertiary/aromatic N) is 5. The second kappa shape index (κ2) is 12.3. The van der Waals surface area contributed by atoms with E-state index in [-0.39, 0.29) is 11.0 Å². The van der Waals surface area contributed by atoms with Crippen LogP contribution in [0.3, 0.4) is 0 Å². The SMILES string of the molecule is CCCC(=N)c1nc(-c2cc(N3CCC4(CCN(c5ncc(CN)cn5)CC4)C3)ccc2OCC)[nH]c(=O)c1NC. The number of benzene rings is 1. The number of rotatable bonds is 10. The highest BCUT2D eigenvalue weighted by Crippen LogP contribution is 2.43. The van der Waals surface area contributed by atoms with Crippen molar-refractivity contribution in [3.05, 3.63) is 52.2 Å². The summed E-state index contributed by atoms with van der Waals surface area (Å²) in [6.45, 7) is 8.68. The maximum Gasteiger partial charge on any atom is 0.275 e. The summed E-state index contributed by atoms with van der Waals surface area (Å²) in [5.41, 5.74) is 9.43. The molecule has 2 aliphatic heterocycles. The molecule has 218 valence electrons. The molecule has 2 aromatic heterocycles. The van der Waals surface area contributed by atoms with Gasteiger partial charge in [0.2, 0.25) is 5.95 Å². The van der Waals surface area contributed by atoms with Gasteiger partial charge in [0, 0.05) is 63.4 Å². The van der Waals surface area contributed by atoms with Crippen molar-refractivity contribution >= 4 is 23.0 Å². The topological polar surface area (TPSA) is 149 Å². The number of H-pyrrole nitrogens is 1. The molecule has 0 atom stereocenters. The Labute approximate surface area is 241 Å². The predicted octanol–water partition coefficient (Wildman–Crippen LogP) is 3.79. The Morgan fingerprint density at radius 3 is 2.49 bits per heavy atom. The van der Waals surface area contributed by atoms with Gasteiger partial charge in [-0.05, 0) is 56.2 Å². The molecule has 1 aromatic carbocycles. The lowest BCUT2D eigenvalue weighted by molar-refractivity contribution is 0.249. The summed E-state index contributed by atoms with van der Waals surface area (Å²) < 4.78 is 5.96. The second-order valence-corrected chi connectivity index (χ2v) is 11.0. The summed E-state index contributed by atoms with van der Waals surface area (Å²) in [5, 5.41) is 11.5. The number of nitrogens with two attached hydrogens (primary N) is 1. The van der Waals surface area contributed by atoms with E-state index in [0.717, 1.165) is 74.6 Å².